The fraction of sp³-hybridized carbons (Fsp3) is 0. The molecule has 0 aliphatic carbocycles. The molecule has 0 unspecified atom stereocenters. The number of nitrogens with zero attached hydrogens (tertiary/aromatic N) is 2. The first-order valence-corrected chi connectivity index (χ1v) is 5.68. The second-order valence-corrected chi connectivity index (χ2v) is 4.18. The molecule has 0 fully saturated rings. The lowest BCUT2D eigenvalue weighted by molar-refractivity contribution is 0.102. The van der Waals surface area contributed by atoms with E-state index in [1.54, 1.807) is 18.2 Å². The van der Waals surface area contributed by atoms with Gasteiger partial charge < -0.3 is 11.1 Å². The Morgan fingerprint density at radius 3 is 2.61 bits per heavy atom. The van der Waals surface area contributed by atoms with Gasteiger partial charge in [-0.3, -0.25) is 4.79 Å². The van der Waals surface area contributed by atoms with Crippen molar-refractivity contribution in [2.24, 2.45) is 0 Å². The van der Waals surface area contributed by atoms with Crippen LogP contribution in [0.5, 0.6) is 0 Å². The first kappa shape index (κ1) is 12.6. The van der Waals surface area contributed by atoms with Gasteiger partial charge in [-0.1, -0.05) is 29.3 Å². The third kappa shape index (κ3) is 2.69. The Morgan fingerprint density at radius 1 is 1.17 bits per heavy atom. The molecule has 1 aromatic heterocycles. The van der Waals surface area contributed by atoms with E-state index in [0.717, 1.165) is 0 Å². The van der Waals surface area contributed by atoms with Crippen LogP contribution in [0.1, 0.15) is 10.5 Å². The number of nitrogens with two attached hydrogens (primary N) is 1. The number of rotatable bonds is 2. The Hall–Kier alpha value is -1.85. The maximum absolute atomic E-state index is 11.8. The molecule has 1 aromatic carbocycles. The van der Waals surface area contributed by atoms with Crippen molar-refractivity contribution in [2.75, 3.05) is 11.1 Å². The van der Waals surface area contributed by atoms with Gasteiger partial charge in [0.15, 0.2) is 5.69 Å². The number of nitrogens with one attached hydrogen (secondary N) is 1. The molecule has 1 heterocycles. The number of amides is 1. The topological polar surface area (TPSA) is 80.9 Å². The van der Waals surface area contributed by atoms with Crippen LogP contribution >= 0.6 is 23.2 Å². The van der Waals surface area contributed by atoms with Gasteiger partial charge in [0.25, 0.3) is 5.91 Å². The summed E-state index contributed by atoms with van der Waals surface area (Å²) in [6.07, 6.45) is 0. The molecule has 0 saturated carbocycles. The van der Waals surface area contributed by atoms with E-state index in [9.17, 15) is 4.79 Å². The molecule has 2 rings (SSSR count). The average molecular weight is 283 g/mol. The molecule has 3 N–H and O–H groups in total. The number of hydrogen-bond donors (Lipinski definition) is 2. The number of aromatic nitrogens is 2. The van der Waals surface area contributed by atoms with Gasteiger partial charge in [0.1, 0.15) is 5.82 Å². The number of hydrogen-bond acceptors (Lipinski definition) is 4. The van der Waals surface area contributed by atoms with Crippen LogP contribution in [0, 0.1) is 0 Å². The van der Waals surface area contributed by atoms with Crippen molar-refractivity contribution in [3.63, 3.8) is 0 Å². The maximum atomic E-state index is 11.8. The van der Waals surface area contributed by atoms with Gasteiger partial charge in [0, 0.05) is 0 Å². The van der Waals surface area contributed by atoms with Crippen LogP contribution in [-0.4, -0.2) is 16.1 Å². The average Bonchev–Trinajstić information content (AvgIpc) is 2.36. The summed E-state index contributed by atoms with van der Waals surface area (Å²) in [4.78, 5) is 11.8. The highest BCUT2D eigenvalue weighted by molar-refractivity contribution is 6.44. The molecule has 1 amide bonds. The molecule has 0 saturated heterocycles. The predicted molar refractivity (Wildman–Crippen MR) is 70.9 cm³/mol. The second kappa shape index (κ2) is 5.20. The van der Waals surface area contributed by atoms with Gasteiger partial charge >= 0.3 is 0 Å². The van der Waals surface area contributed by atoms with E-state index < -0.39 is 5.91 Å². The second-order valence-electron chi connectivity index (χ2n) is 3.40. The molecule has 0 aliphatic heterocycles. The summed E-state index contributed by atoms with van der Waals surface area (Å²) in [6.45, 7) is 0. The summed E-state index contributed by atoms with van der Waals surface area (Å²) >= 11 is 11.8. The van der Waals surface area contributed by atoms with Crippen molar-refractivity contribution >= 4 is 40.6 Å². The van der Waals surface area contributed by atoms with Crippen LogP contribution in [-0.2, 0) is 0 Å². The van der Waals surface area contributed by atoms with Crippen LogP contribution in [0.2, 0.25) is 10.0 Å². The lowest BCUT2D eigenvalue weighted by atomic mass is 10.3. The van der Waals surface area contributed by atoms with E-state index in [4.69, 9.17) is 28.9 Å². The van der Waals surface area contributed by atoms with Crippen molar-refractivity contribution < 1.29 is 4.79 Å². The van der Waals surface area contributed by atoms with Gasteiger partial charge in [0.2, 0.25) is 0 Å². The molecule has 0 bridgehead atoms. The molecular weight excluding hydrogens is 275 g/mol. The number of anilines is 2. The van der Waals surface area contributed by atoms with Crippen LogP contribution in [0.3, 0.4) is 0 Å². The zero-order chi connectivity index (χ0) is 13.1. The Morgan fingerprint density at radius 2 is 1.94 bits per heavy atom. The van der Waals surface area contributed by atoms with E-state index in [1.807, 2.05) is 0 Å². The first-order chi connectivity index (χ1) is 8.58. The summed E-state index contributed by atoms with van der Waals surface area (Å²) in [5.74, 6) is -0.195. The highest BCUT2D eigenvalue weighted by Gasteiger charge is 2.11. The fourth-order valence-corrected chi connectivity index (χ4v) is 1.60. The van der Waals surface area contributed by atoms with Gasteiger partial charge in [-0.2, -0.15) is 0 Å². The maximum Gasteiger partial charge on any atom is 0.276 e. The highest BCUT2D eigenvalue weighted by Crippen LogP contribution is 2.29. The van der Waals surface area contributed by atoms with Crippen molar-refractivity contribution in [1.29, 1.82) is 0 Å². The lowest BCUT2D eigenvalue weighted by Crippen LogP contribution is -2.14. The Labute approximate surface area is 113 Å². The minimum atomic E-state index is -0.438. The zero-order valence-electron chi connectivity index (χ0n) is 9.02. The van der Waals surface area contributed by atoms with Crippen LogP contribution in [0.15, 0.2) is 30.3 Å². The van der Waals surface area contributed by atoms with Crippen molar-refractivity contribution in [1.82, 2.24) is 10.2 Å². The molecule has 0 atom stereocenters. The Balaban J connectivity index is 2.21. The van der Waals surface area contributed by atoms with Gasteiger partial charge in [-0.15, -0.1) is 10.2 Å². The normalized spacial score (nSPS) is 10.1. The van der Waals surface area contributed by atoms with E-state index in [2.05, 4.69) is 15.5 Å². The highest BCUT2D eigenvalue weighted by atomic mass is 35.5. The monoisotopic (exact) mass is 282 g/mol. The third-order valence-electron chi connectivity index (χ3n) is 2.12. The van der Waals surface area contributed by atoms with Crippen molar-refractivity contribution in [2.45, 2.75) is 0 Å². The fourth-order valence-electron chi connectivity index (χ4n) is 1.25. The minimum Gasteiger partial charge on any atom is -0.382 e. The van der Waals surface area contributed by atoms with Gasteiger partial charge in [-0.05, 0) is 24.3 Å². The molecule has 5 nitrogen and oxygen atoms in total. The summed E-state index contributed by atoms with van der Waals surface area (Å²) < 4.78 is 0. The van der Waals surface area contributed by atoms with Crippen LogP contribution in [0.25, 0.3) is 0 Å². The smallest absolute Gasteiger partial charge is 0.276 e. The quantitative estimate of drug-likeness (QED) is 0.887. The van der Waals surface area contributed by atoms with E-state index >= 15 is 0 Å². The number of benzene rings is 1. The summed E-state index contributed by atoms with van der Waals surface area (Å²) in [7, 11) is 0. The minimum absolute atomic E-state index is 0.139. The van der Waals surface area contributed by atoms with Crippen LogP contribution < -0.4 is 11.1 Å². The van der Waals surface area contributed by atoms with E-state index in [1.165, 1.54) is 12.1 Å². The molecule has 2 aromatic rings. The Kier molecular flexibility index (Phi) is 3.64. The number of halogens is 2. The predicted octanol–water partition coefficient (Wildman–Crippen LogP) is 2.62. The number of carbonyl (C=O) groups is 1. The molecule has 0 spiro atoms. The van der Waals surface area contributed by atoms with Gasteiger partial charge in [-0.25, -0.2) is 0 Å². The molecule has 92 valence electrons. The van der Waals surface area contributed by atoms with E-state index in [0.29, 0.717) is 10.7 Å². The molecule has 7 heteroatoms. The SMILES string of the molecule is Nc1ccc(C(=O)Nc2cccc(Cl)c2Cl)nn1. The summed E-state index contributed by atoms with van der Waals surface area (Å²) in [5.41, 5.74) is 5.93. The molecule has 18 heavy (non-hydrogen) atoms. The zero-order valence-corrected chi connectivity index (χ0v) is 10.5. The van der Waals surface area contributed by atoms with Crippen LogP contribution in [0.4, 0.5) is 11.5 Å². The van der Waals surface area contributed by atoms with Crippen molar-refractivity contribution in [3.8, 4) is 0 Å². The molecule has 0 aliphatic rings. The Bertz CT molecular complexity index is 586. The molecule has 0 radical (unpaired) electrons. The van der Waals surface area contributed by atoms with Gasteiger partial charge in [0.05, 0.1) is 15.7 Å². The summed E-state index contributed by atoms with van der Waals surface area (Å²) in [6, 6.07) is 7.90. The third-order valence-corrected chi connectivity index (χ3v) is 2.94. The number of carbonyl (C=O) groups excluding carboxylic acids is 1. The lowest BCUT2D eigenvalue weighted by Gasteiger charge is -2.07. The standard InChI is InChI=1S/C11H8Cl2N4O/c12-6-2-1-3-7(10(6)13)15-11(18)8-4-5-9(14)17-16-8/h1-5H,(H2,14,17)(H,15,18). The first-order valence-electron chi connectivity index (χ1n) is 4.92. The largest absolute Gasteiger partial charge is 0.382 e. The number of nitrogen functional groups attached to an aromatic ring is 1. The van der Waals surface area contributed by atoms with Crippen molar-refractivity contribution in [3.05, 3.63) is 46.1 Å². The van der Waals surface area contributed by atoms with E-state index in [-0.39, 0.29) is 16.5 Å². The molecular formula is C11H8Cl2N4O. The summed E-state index contributed by atoms with van der Waals surface area (Å²) in [5, 5.41) is 10.5.